The van der Waals surface area contributed by atoms with Gasteiger partial charge in [0.05, 0.1) is 14.7 Å². The first-order valence-electron chi connectivity index (χ1n) is 11.1. The van der Waals surface area contributed by atoms with Gasteiger partial charge >= 0.3 is 0 Å². The summed E-state index contributed by atoms with van der Waals surface area (Å²) in [6.45, 7) is 8.71. The van der Waals surface area contributed by atoms with Gasteiger partial charge in [0.25, 0.3) is 0 Å². The largest absolute Gasteiger partial charge is 0.422 e. The second kappa shape index (κ2) is 6.87. The van der Waals surface area contributed by atoms with Crippen molar-refractivity contribution in [2.24, 2.45) is 0 Å². The third-order valence-corrected chi connectivity index (χ3v) is 31.8. The summed E-state index contributed by atoms with van der Waals surface area (Å²) in [4.78, 5) is 0. The Labute approximate surface area is 187 Å². The van der Waals surface area contributed by atoms with Crippen LogP contribution in [0.2, 0.25) is 25.7 Å². The molecule has 6 rings (SSSR count). The summed E-state index contributed by atoms with van der Waals surface area (Å²) in [5.41, 5.74) is 0. The zero-order valence-electron chi connectivity index (χ0n) is 18.3. The first kappa shape index (κ1) is 19.4. The van der Waals surface area contributed by atoms with E-state index in [1.165, 1.54) is 49.1 Å². The standard InChI is InChI=1S/C27H26OSi3/c1-30(2)29-28-11-12-31(30,3)27-10-6-9-21-15-24-16-22-13-19-7-4-5-8-20(19)14-23(22)17-25(24)18-26(21)27/h4-10,13-18H,11-12H2,1-3H3. The Hall–Kier alpha value is -2.25. The highest BCUT2D eigenvalue weighted by atomic mass is 29.6. The molecule has 152 valence electrons. The minimum absolute atomic E-state index is 0.736. The lowest BCUT2D eigenvalue weighted by Gasteiger charge is -2.44. The maximum absolute atomic E-state index is 5.99. The first-order chi connectivity index (χ1) is 14.9. The summed E-state index contributed by atoms with van der Waals surface area (Å²) in [7, 11) is -2.22. The predicted octanol–water partition coefficient (Wildman–Crippen LogP) is 6.52. The number of benzene rings is 5. The number of rotatable bonds is 1. The van der Waals surface area contributed by atoms with Crippen molar-refractivity contribution in [3.8, 4) is 0 Å². The van der Waals surface area contributed by atoms with Crippen molar-refractivity contribution >= 4 is 72.3 Å². The molecule has 1 unspecified atom stereocenters. The smallest absolute Gasteiger partial charge is 0.209 e. The van der Waals surface area contributed by atoms with E-state index in [9.17, 15) is 0 Å². The van der Waals surface area contributed by atoms with Gasteiger partial charge in [0.2, 0.25) is 9.28 Å². The molecule has 0 spiro atoms. The van der Waals surface area contributed by atoms with Crippen LogP contribution in [0.3, 0.4) is 0 Å². The Morgan fingerprint density at radius 2 is 1.19 bits per heavy atom. The van der Waals surface area contributed by atoms with Crippen LogP contribution in [0.1, 0.15) is 0 Å². The van der Waals surface area contributed by atoms with E-state index in [-0.39, 0.29) is 0 Å². The Balaban J connectivity index is 1.63. The fourth-order valence-corrected chi connectivity index (χ4v) is 21.6. The monoisotopic (exact) mass is 450 g/mol. The Kier molecular flexibility index (Phi) is 4.31. The van der Waals surface area contributed by atoms with Crippen LogP contribution < -0.4 is 5.19 Å². The van der Waals surface area contributed by atoms with Crippen LogP contribution >= 0.6 is 0 Å². The molecule has 31 heavy (non-hydrogen) atoms. The van der Waals surface area contributed by atoms with Crippen LogP contribution in [0.4, 0.5) is 0 Å². The summed E-state index contributed by atoms with van der Waals surface area (Å²) in [6.07, 6.45) is 0. The van der Waals surface area contributed by atoms with E-state index < -0.39 is 14.7 Å². The number of hydrogen-bond acceptors (Lipinski definition) is 1. The molecule has 5 aromatic rings. The van der Waals surface area contributed by atoms with Gasteiger partial charge in [-0.15, -0.1) is 0 Å². The van der Waals surface area contributed by atoms with Crippen molar-refractivity contribution in [2.75, 3.05) is 6.61 Å². The van der Waals surface area contributed by atoms with Gasteiger partial charge in [-0.3, -0.25) is 0 Å². The molecular formula is C27H26OSi3. The molecule has 0 bridgehead atoms. The molecule has 5 aromatic carbocycles. The average molecular weight is 451 g/mol. The molecule has 0 aromatic heterocycles. The molecule has 2 radical (unpaired) electrons. The highest BCUT2D eigenvalue weighted by Gasteiger charge is 2.50. The van der Waals surface area contributed by atoms with Crippen LogP contribution in [-0.4, -0.2) is 30.6 Å². The Morgan fingerprint density at radius 3 is 1.84 bits per heavy atom. The third kappa shape index (κ3) is 2.97. The topological polar surface area (TPSA) is 9.23 Å². The van der Waals surface area contributed by atoms with Gasteiger partial charge in [0.1, 0.15) is 0 Å². The quantitative estimate of drug-likeness (QED) is 0.209. The van der Waals surface area contributed by atoms with Gasteiger partial charge < -0.3 is 4.43 Å². The summed E-state index contributed by atoms with van der Waals surface area (Å²) >= 11 is 0. The van der Waals surface area contributed by atoms with E-state index in [0.29, 0.717) is 0 Å². The van der Waals surface area contributed by atoms with Crippen molar-refractivity contribution in [2.45, 2.75) is 25.7 Å². The van der Waals surface area contributed by atoms with E-state index in [1.54, 1.807) is 5.19 Å². The van der Waals surface area contributed by atoms with Crippen LogP contribution in [0.25, 0.3) is 43.1 Å². The van der Waals surface area contributed by atoms with Gasteiger partial charge in [0, 0.05) is 6.61 Å². The highest BCUT2D eigenvalue weighted by Crippen LogP contribution is 2.33. The molecule has 1 aliphatic heterocycles. The normalized spacial score (nSPS) is 21.3. The minimum atomic E-state index is -1.56. The van der Waals surface area contributed by atoms with E-state index in [2.05, 4.69) is 98.5 Å². The molecule has 1 atom stereocenters. The molecule has 1 fully saturated rings. The zero-order valence-corrected chi connectivity index (χ0v) is 21.3. The second-order valence-electron chi connectivity index (χ2n) is 9.78. The lowest BCUT2D eigenvalue weighted by molar-refractivity contribution is 0.364. The molecule has 1 aliphatic rings. The molecule has 0 saturated carbocycles. The van der Waals surface area contributed by atoms with Gasteiger partial charge in [-0.25, -0.2) is 0 Å². The van der Waals surface area contributed by atoms with Crippen molar-refractivity contribution < 1.29 is 4.43 Å². The van der Waals surface area contributed by atoms with Crippen LogP contribution in [-0.2, 0) is 4.43 Å². The first-order valence-corrected chi connectivity index (χ1v) is 19.7. The fourth-order valence-electron chi connectivity index (χ4n) is 5.33. The Morgan fingerprint density at radius 1 is 0.645 bits per heavy atom. The molecule has 0 N–H and O–H groups in total. The summed E-state index contributed by atoms with van der Waals surface area (Å²) in [5.74, 6) is 0. The summed E-state index contributed by atoms with van der Waals surface area (Å²) in [6, 6.07) is 31.3. The van der Waals surface area contributed by atoms with E-state index >= 15 is 0 Å². The van der Waals surface area contributed by atoms with Gasteiger partial charge in [0.15, 0.2) is 0 Å². The van der Waals surface area contributed by atoms with Crippen molar-refractivity contribution in [3.63, 3.8) is 0 Å². The van der Waals surface area contributed by atoms with Gasteiger partial charge in [-0.1, -0.05) is 67.3 Å². The van der Waals surface area contributed by atoms with Crippen molar-refractivity contribution in [1.29, 1.82) is 0 Å². The molecule has 0 aliphatic carbocycles. The van der Waals surface area contributed by atoms with Crippen LogP contribution in [0.15, 0.2) is 78.9 Å². The zero-order chi connectivity index (χ0) is 21.2. The minimum Gasteiger partial charge on any atom is -0.422 e. The average Bonchev–Trinajstić information content (AvgIpc) is 2.76. The van der Waals surface area contributed by atoms with Crippen molar-refractivity contribution in [3.05, 3.63) is 78.9 Å². The predicted molar refractivity (Wildman–Crippen MR) is 142 cm³/mol. The van der Waals surface area contributed by atoms with Gasteiger partial charge in [-0.05, 0) is 85.5 Å². The van der Waals surface area contributed by atoms with Gasteiger partial charge in [-0.2, -0.15) is 0 Å². The van der Waals surface area contributed by atoms with Crippen molar-refractivity contribution in [1.82, 2.24) is 0 Å². The molecule has 1 saturated heterocycles. The maximum Gasteiger partial charge on any atom is 0.209 e. The van der Waals surface area contributed by atoms with Crippen LogP contribution in [0, 0.1) is 0 Å². The second-order valence-corrected chi connectivity index (χ2v) is 30.2. The molecular weight excluding hydrogens is 425 g/mol. The SMILES string of the molecule is C[Si]1(C)[Si]OCC[Si]1(C)c1cccc2cc3cc4cc5ccccc5cc4cc3cc12. The van der Waals surface area contributed by atoms with E-state index in [1.807, 2.05) is 0 Å². The highest BCUT2D eigenvalue weighted by molar-refractivity contribution is 7.63. The fraction of sp³-hybridized carbons (Fsp3) is 0.185. The number of hydrogen-bond donors (Lipinski definition) is 0. The maximum atomic E-state index is 5.99. The lowest BCUT2D eigenvalue weighted by Crippen LogP contribution is -2.71. The molecule has 4 heteroatoms. The number of fused-ring (bicyclic) bond motifs is 4. The summed E-state index contributed by atoms with van der Waals surface area (Å²) < 4.78 is 5.99. The molecule has 1 heterocycles. The van der Waals surface area contributed by atoms with E-state index in [4.69, 9.17) is 4.43 Å². The van der Waals surface area contributed by atoms with E-state index in [0.717, 1.165) is 15.9 Å². The molecule has 0 amide bonds. The molecule has 1 nitrogen and oxygen atoms in total. The van der Waals surface area contributed by atoms with Crippen LogP contribution in [0.5, 0.6) is 0 Å². The Bertz CT molecular complexity index is 1490. The lowest BCUT2D eigenvalue weighted by atomic mass is 9.97. The summed E-state index contributed by atoms with van der Waals surface area (Å²) in [5, 5.41) is 12.5. The third-order valence-electron chi connectivity index (χ3n) is 7.66.